The van der Waals surface area contributed by atoms with Crippen molar-refractivity contribution < 1.29 is 18.0 Å². The minimum Gasteiger partial charge on any atom is -0.326 e. The van der Waals surface area contributed by atoms with Crippen LogP contribution >= 0.6 is 0 Å². The molecule has 0 saturated heterocycles. The Balaban J connectivity index is 2.60. The lowest BCUT2D eigenvalue weighted by Crippen LogP contribution is -2.10. The molecule has 0 bridgehead atoms. The van der Waals surface area contributed by atoms with Gasteiger partial charge in [0.15, 0.2) is 0 Å². The Labute approximate surface area is 113 Å². The number of carbonyl (C=O) groups is 1. The summed E-state index contributed by atoms with van der Waals surface area (Å²) in [4.78, 5) is 11.1. The van der Waals surface area contributed by atoms with Gasteiger partial charge in [0.1, 0.15) is 0 Å². The van der Waals surface area contributed by atoms with E-state index in [1.807, 2.05) is 0 Å². The van der Waals surface area contributed by atoms with Crippen LogP contribution in [0, 0.1) is 0 Å². The molecule has 0 aliphatic carbocycles. The van der Waals surface area contributed by atoms with Gasteiger partial charge in [-0.3, -0.25) is 9.48 Å². The van der Waals surface area contributed by atoms with E-state index in [1.54, 1.807) is 13.1 Å². The van der Waals surface area contributed by atoms with Crippen molar-refractivity contribution in [1.29, 1.82) is 0 Å². The third-order valence-corrected chi connectivity index (χ3v) is 2.75. The number of alkyl halides is 3. The number of halogens is 3. The molecule has 0 unspecified atom stereocenters. The van der Waals surface area contributed by atoms with Crippen molar-refractivity contribution in [3.8, 4) is 11.3 Å². The molecule has 106 valence electrons. The van der Waals surface area contributed by atoms with Crippen molar-refractivity contribution in [2.75, 3.05) is 5.32 Å². The molecular weight excluding hydrogens is 271 g/mol. The number of nitrogens with zero attached hydrogens (tertiary/aromatic N) is 2. The smallest absolute Gasteiger partial charge is 0.326 e. The average molecular weight is 283 g/mol. The van der Waals surface area contributed by atoms with Gasteiger partial charge in [0.25, 0.3) is 0 Å². The molecular formula is C13H12F3N3O. The zero-order valence-corrected chi connectivity index (χ0v) is 10.8. The van der Waals surface area contributed by atoms with E-state index in [4.69, 9.17) is 0 Å². The summed E-state index contributed by atoms with van der Waals surface area (Å²) in [5.41, 5.74) is 0.298. The van der Waals surface area contributed by atoms with Crippen LogP contribution in [0.4, 0.5) is 18.9 Å². The van der Waals surface area contributed by atoms with E-state index in [0.29, 0.717) is 11.4 Å². The number of aromatic nitrogens is 2. The van der Waals surface area contributed by atoms with Crippen molar-refractivity contribution in [3.63, 3.8) is 0 Å². The van der Waals surface area contributed by atoms with E-state index in [2.05, 4.69) is 10.4 Å². The second-order valence-electron chi connectivity index (χ2n) is 4.28. The first-order chi connectivity index (χ1) is 9.29. The molecule has 1 N–H and O–H groups in total. The second kappa shape index (κ2) is 4.99. The summed E-state index contributed by atoms with van der Waals surface area (Å²) in [5.74, 6) is -0.354. The van der Waals surface area contributed by atoms with Crippen LogP contribution < -0.4 is 5.32 Å². The van der Waals surface area contributed by atoms with Gasteiger partial charge in [-0.1, -0.05) is 0 Å². The standard InChI is InChI=1S/C13H12F3N3O/c1-8(20)18-11-4-3-9(13(14,15)16)7-10(11)12-5-6-17-19(12)2/h3-7H,1-2H3,(H,18,20). The van der Waals surface area contributed by atoms with Crippen molar-refractivity contribution in [1.82, 2.24) is 9.78 Å². The maximum absolute atomic E-state index is 12.8. The highest BCUT2D eigenvalue weighted by Gasteiger charge is 2.31. The maximum atomic E-state index is 12.8. The lowest BCUT2D eigenvalue weighted by Gasteiger charge is -2.14. The number of carbonyl (C=O) groups excluding carboxylic acids is 1. The van der Waals surface area contributed by atoms with Crippen LogP contribution in [-0.2, 0) is 18.0 Å². The SMILES string of the molecule is CC(=O)Nc1ccc(C(F)(F)F)cc1-c1ccnn1C. The molecule has 2 aromatic rings. The van der Waals surface area contributed by atoms with Crippen molar-refractivity contribution in [3.05, 3.63) is 36.0 Å². The molecule has 0 fully saturated rings. The van der Waals surface area contributed by atoms with Gasteiger partial charge in [0.05, 0.1) is 16.9 Å². The maximum Gasteiger partial charge on any atom is 0.416 e. The summed E-state index contributed by atoms with van der Waals surface area (Å²) in [6, 6.07) is 4.76. The summed E-state index contributed by atoms with van der Waals surface area (Å²) in [5, 5.41) is 6.45. The number of anilines is 1. The fourth-order valence-electron chi connectivity index (χ4n) is 1.87. The van der Waals surface area contributed by atoms with Gasteiger partial charge < -0.3 is 5.32 Å². The zero-order valence-electron chi connectivity index (χ0n) is 10.8. The molecule has 1 heterocycles. The summed E-state index contributed by atoms with van der Waals surface area (Å²) >= 11 is 0. The minimum atomic E-state index is -4.44. The normalized spacial score (nSPS) is 11.4. The summed E-state index contributed by atoms with van der Waals surface area (Å²) in [6.45, 7) is 1.30. The highest BCUT2D eigenvalue weighted by Crippen LogP contribution is 2.35. The van der Waals surface area contributed by atoms with Crippen molar-refractivity contribution in [2.24, 2.45) is 7.05 Å². The van der Waals surface area contributed by atoms with E-state index in [0.717, 1.165) is 12.1 Å². The highest BCUT2D eigenvalue weighted by atomic mass is 19.4. The van der Waals surface area contributed by atoms with Crippen LogP contribution in [0.2, 0.25) is 0 Å². The number of nitrogens with one attached hydrogen (secondary N) is 1. The largest absolute Gasteiger partial charge is 0.416 e. The van der Waals surface area contributed by atoms with Crippen LogP contribution in [0.1, 0.15) is 12.5 Å². The van der Waals surface area contributed by atoms with Gasteiger partial charge in [0, 0.05) is 25.7 Å². The van der Waals surface area contributed by atoms with Gasteiger partial charge in [-0.05, 0) is 24.3 Å². The fraction of sp³-hybridized carbons (Fsp3) is 0.231. The number of benzene rings is 1. The zero-order chi connectivity index (χ0) is 14.9. The number of hydrogen-bond acceptors (Lipinski definition) is 2. The van der Waals surface area contributed by atoms with E-state index in [9.17, 15) is 18.0 Å². The quantitative estimate of drug-likeness (QED) is 0.920. The van der Waals surface area contributed by atoms with Crippen LogP contribution in [0.25, 0.3) is 11.3 Å². The molecule has 0 aliphatic rings. The molecule has 20 heavy (non-hydrogen) atoms. The third-order valence-electron chi connectivity index (χ3n) is 2.75. The van der Waals surface area contributed by atoms with E-state index >= 15 is 0 Å². The monoisotopic (exact) mass is 283 g/mol. The predicted molar refractivity (Wildman–Crippen MR) is 67.9 cm³/mol. The molecule has 7 heteroatoms. The number of amides is 1. The highest BCUT2D eigenvalue weighted by molar-refractivity contribution is 5.93. The number of hydrogen-bond donors (Lipinski definition) is 1. The predicted octanol–water partition coefficient (Wildman–Crippen LogP) is 3.06. The van der Waals surface area contributed by atoms with E-state index < -0.39 is 11.7 Å². The Morgan fingerprint density at radius 2 is 2.00 bits per heavy atom. The van der Waals surface area contributed by atoms with Crippen molar-refractivity contribution in [2.45, 2.75) is 13.1 Å². The first-order valence-corrected chi connectivity index (χ1v) is 5.76. The average Bonchev–Trinajstić information content (AvgIpc) is 2.73. The summed E-state index contributed by atoms with van der Waals surface area (Å²) < 4.78 is 39.8. The second-order valence-corrected chi connectivity index (χ2v) is 4.28. The first kappa shape index (κ1) is 14.1. The van der Waals surface area contributed by atoms with Gasteiger partial charge in [-0.15, -0.1) is 0 Å². The van der Waals surface area contributed by atoms with Crippen LogP contribution in [0.3, 0.4) is 0 Å². The Morgan fingerprint density at radius 3 is 2.50 bits per heavy atom. The molecule has 0 radical (unpaired) electrons. The van der Waals surface area contributed by atoms with Gasteiger partial charge >= 0.3 is 6.18 Å². The van der Waals surface area contributed by atoms with Crippen LogP contribution in [0.5, 0.6) is 0 Å². The molecule has 1 amide bonds. The third kappa shape index (κ3) is 2.81. The lowest BCUT2D eigenvalue weighted by atomic mass is 10.0. The molecule has 1 aromatic carbocycles. The summed E-state index contributed by atoms with van der Waals surface area (Å²) in [7, 11) is 1.62. The topological polar surface area (TPSA) is 46.9 Å². The Morgan fingerprint density at radius 1 is 1.30 bits per heavy atom. The lowest BCUT2D eigenvalue weighted by molar-refractivity contribution is -0.137. The minimum absolute atomic E-state index is 0.273. The fourth-order valence-corrected chi connectivity index (χ4v) is 1.87. The number of rotatable bonds is 2. The first-order valence-electron chi connectivity index (χ1n) is 5.76. The summed E-state index contributed by atoms with van der Waals surface area (Å²) in [6.07, 6.45) is -2.96. The Bertz CT molecular complexity index is 647. The molecule has 0 atom stereocenters. The van der Waals surface area contributed by atoms with Gasteiger partial charge in [0.2, 0.25) is 5.91 Å². The number of aryl methyl sites for hydroxylation is 1. The Hall–Kier alpha value is -2.31. The molecule has 1 aromatic heterocycles. The van der Waals surface area contributed by atoms with Crippen LogP contribution in [0.15, 0.2) is 30.5 Å². The van der Waals surface area contributed by atoms with E-state index in [-0.39, 0.29) is 11.5 Å². The molecule has 2 rings (SSSR count). The Kier molecular flexibility index (Phi) is 3.52. The van der Waals surface area contributed by atoms with Crippen LogP contribution in [-0.4, -0.2) is 15.7 Å². The molecule has 0 saturated carbocycles. The van der Waals surface area contributed by atoms with Gasteiger partial charge in [-0.25, -0.2) is 0 Å². The van der Waals surface area contributed by atoms with Crippen molar-refractivity contribution >= 4 is 11.6 Å². The van der Waals surface area contributed by atoms with Gasteiger partial charge in [-0.2, -0.15) is 18.3 Å². The molecule has 0 aliphatic heterocycles. The molecule has 4 nitrogen and oxygen atoms in total. The molecule has 0 spiro atoms. The van der Waals surface area contributed by atoms with E-state index in [1.165, 1.54) is 23.9 Å².